The second kappa shape index (κ2) is 7.94. The number of ether oxygens (including phenoxy) is 1. The molecule has 1 heterocycles. The van der Waals surface area contributed by atoms with Crippen molar-refractivity contribution in [1.82, 2.24) is 5.32 Å². The van der Waals surface area contributed by atoms with E-state index in [-0.39, 0.29) is 24.0 Å². The van der Waals surface area contributed by atoms with Crippen LogP contribution in [-0.4, -0.2) is 24.5 Å². The molecule has 1 saturated heterocycles. The predicted octanol–water partition coefficient (Wildman–Crippen LogP) is 3.93. The number of Topliss-reactive ketones (excluding diaryl/α,β-unsaturated/α-hetero) is 1. The van der Waals surface area contributed by atoms with E-state index < -0.39 is 0 Å². The number of ketones is 1. The van der Waals surface area contributed by atoms with E-state index >= 15 is 0 Å². The first-order valence-electron chi connectivity index (χ1n) is 8.47. The minimum absolute atomic E-state index is 0.00478. The summed E-state index contributed by atoms with van der Waals surface area (Å²) in [4.78, 5) is 23.5. The largest absolute Gasteiger partial charge is 0.373 e. The lowest BCUT2D eigenvalue weighted by Crippen LogP contribution is -2.42. The fraction of sp³-hybridized carbons (Fsp3) is 0.300. The molecule has 0 bridgehead atoms. The van der Waals surface area contributed by atoms with E-state index in [1.807, 2.05) is 30.3 Å². The highest BCUT2D eigenvalue weighted by atomic mass is 16.5. The molecule has 2 aromatic carbocycles. The topological polar surface area (TPSA) is 67.4 Å². The minimum atomic E-state index is -0.241. The fourth-order valence-corrected chi connectivity index (χ4v) is 2.97. The molecule has 0 spiro atoms. The maximum atomic E-state index is 12.2. The van der Waals surface area contributed by atoms with E-state index in [0.29, 0.717) is 17.9 Å². The van der Waals surface area contributed by atoms with Gasteiger partial charge in [0.05, 0.1) is 6.10 Å². The Morgan fingerprint density at radius 3 is 2.44 bits per heavy atom. The number of hydrogen-bond acceptors (Lipinski definition) is 3. The highest BCUT2D eigenvalue weighted by Gasteiger charge is 2.25. The Hall–Kier alpha value is -2.66. The smallest absolute Gasteiger partial charge is 0.319 e. The highest BCUT2D eigenvalue weighted by molar-refractivity contribution is 5.95. The number of nitrogens with one attached hydrogen (secondary N) is 2. The molecule has 0 aliphatic carbocycles. The first-order valence-corrected chi connectivity index (χ1v) is 8.47. The van der Waals surface area contributed by atoms with Crippen molar-refractivity contribution >= 4 is 17.5 Å². The van der Waals surface area contributed by atoms with Crippen molar-refractivity contribution in [3.05, 3.63) is 65.7 Å². The van der Waals surface area contributed by atoms with Crippen molar-refractivity contribution in [2.45, 2.75) is 31.9 Å². The molecular weight excluding hydrogens is 316 g/mol. The molecule has 2 atom stereocenters. The van der Waals surface area contributed by atoms with Gasteiger partial charge in [-0.05, 0) is 49.6 Å². The van der Waals surface area contributed by atoms with Crippen LogP contribution in [0.15, 0.2) is 54.6 Å². The molecule has 0 unspecified atom stereocenters. The molecular formula is C20H22N2O3. The van der Waals surface area contributed by atoms with Crippen LogP contribution >= 0.6 is 0 Å². The van der Waals surface area contributed by atoms with Gasteiger partial charge in [-0.2, -0.15) is 0 Å². The molecule has 0 aromatic heterocycles. The van der Waals surface area contributed by atoms with Crippen molar-refractivity contribution in [3.8, 4) is 0 Å². The molecule has 5 heteroatoms. The Bertz CT molecular complexity index is 728. The van der Waals surface area contributed by atoms with Crippen LogP contribution in [0, 0.1) is 0 Å². The van der Waals surface area contributed by atoms with Gasteiger partial charge in [0.15, 0.2) is 5.78 Å². The Labute approximate surface area is 147 Å². The zero-order chi connectivity index (χ0) is 17.6. The monoisotopic (exact) mass is 338 g/mol. The van der Waals surface area contributed by atoms with E-state index in [9.17, 15) is 9.59 Å². The number of rotatable bonds is 4. The third kappa shape index (κ3) is 4.67. The number of amides is 2. The third-order valence-electron chi connectivity index (χ3n) is 4.34. The van der Waals surface area contributed by atoms with Crippen LogP contribution in [0.1, 0.15) is 41.8 Å². The molecule has 2 amide bonds. The average Bonchev–Trinajstić information content (AvgIpc) is 2.63. The standard InChI is InChI=1S/C20H22N2O3/c1-14(23)15-7-9-17(10-8-15)21-20(24)22-18-11-12-25-19(13-18)16-5-3-2-4-6-16/h2-10,18-19H,11-13H2,1H3,(H2,21,22,24)/t18-,19-/m0/s1. The Balaban J connectivity index is 1.54. The molecule has 1 aliphatic rings. The van der Waals surface area contributed by atoms with Crippen molar-refractivity contribution in [1.29, 1.82) is 0 Å². The third-order valence-corrected chi connectivity index (χ3v) is 4.34. The Morgan fingerprint density at radius 1 is 1.04 bits per heavy atom. The molecule has 0 saturated carbocycles. The quantitative estimate of drug-likeness (QED) is 0.830. The highest BCUT2D eigenvalue weighted by Crippen LogP contribution is 2.27. The molecule has 2 aromatic rings. The summed E-state index contributed by atoms with van der Waals surface area (Å²) in [6.45, 7) is 2.14. The number of anilines is 1. The van der Waals surface area contributed by atoms with Crippen molar-refractivity contribution in [2.75, 3.05) is 11.9 Å². The van der Waals surface area contributed by atoms with Crippen LogP contribution in [0.25, 0.3) is 0 Å². The summed E-state index contributed by atoms with van der Waals surface area (Å²) < 4.78 is 5.83. The van der Waals surface area contributed by atoms with Gasteiger partial charge in [-0.15, -0.1) is 0 Å². The minimum Gasteiger partial charge on any atom is -0.373 e. The summed E-state index contributed by atoms with van der Waals surface area (Å²) in [5, 5.41) is 5.82. The molecule has 0 radical (unpaired) electrons. The zero-order valence-corrected chi connectivity index (χ0v) is 14.2. The number of urea groups is 1. The molecule has 5 nitrogen and oxygen atoms in total. The van der Waals surface area contributed by atoms with E-state index in [4.69, 9.17) is 4.74 Å². The van der Waals surface area contributed by atoms with Gasteiger partial charge in [0.2, 0.25) is 0 Å². The van der Waals surface area contributed by atoms with Gasteiger partial charge in [-0.1, -0.05) is 30.3 Å². The molecule has 1 aliphatic heterocycles. The molecule has 1 fully saturated rings. The second-order valence-corrected chi connectivity index (χ2v) is 6.22. The summed E-state index contributed by atoms with van der Waals surface area (Å²) in [6, 6.07) is 16.8. The van der Waals surface area contributed by atoms with Gasteiger partial charge in [-0.25, -0.2) is 4.79 Å². The lowest BCUT2D eigenvalue weighted by molar-refractivity contribution is 0.00253. The van der Waals surface area contributed by atoms with Gasteiger partial charge in [-0.3, -0.25) is 4.79 Å². The predicted molar refractivity (Wildman–Crippen MR) is 96.8 cm³/mol. The van der Waals surface area contributed by atoms with Crippen molar-refractivity contribution in [3.63, 3.8) is 0 Å². The summed E-state index contributed by atoms with van der Waals surface area (Å²) in [6.07, 6.45) is 1.55. The SMILES string of the molecule is CC(=O)c1ccc(NC(=O)N[C@H]2CCO[C@H](c3ccccc3)C2)cc1. The number of carbonyl (C=O) groups excluding carboxylic acids is 2. The summed E-state index contributed by atoms with van der Waals surface area (Å²) in [7, 11) is 0. The molecule has 3 rings (SSSR count). The maximum Gasteiger partial charge on any atom is 0.319 e. The van der Waals surface area contributed by atoms with Gasteiger partial charge >= 0.3 is 6.03 Å². The first-order chi connectivity index (χ1) is 12.1. The Morgan fingerprint density at radius 2 is 1.76 bits per heavy atom. The molecule has 25 heavy (non-hydrogen) atoms. The van der Waals surface area contributed by atoms with E-state index in [1.165, 1.54) is 6.92 Å². The number of hydrogen-bond donors (Lipinski definition) is 2. The van der Waals surface area contributed by atoms with Crippen LogP contribution in [0.3, 0.4) is 0 Å². The van der Waals surface area contributed by atoms with Crippen LogP contribution in [0.4, 0.5) is 10.5 Å². The van der Waals surface area contributed by atoms with Gasteiger partial charge in [0.25, 0.3) is 0 Å². The van der Waals surface area contributed by atoms with Crippen LogP contribution < -0.4 is 10.6 Å². The van der Waals surface area contributed by atoms with Crippen LogP contribution in [0.5, 0.6) is 0 Å². The zero-order valence-electron chi connectivity index (χ0n) is 14.2. The lowest BCUT2D eigenvalue weighted by atomic mass is 9.97. The van der Waals surface area contributed by atoms with E-state index in [0.717, 1.165) is 18.4 Å². The maximum absolute atomic E-state index is 12.2. The van der Waals surface area contributed by atoms with Crippen molar-refractivity contribution < 1.29 is 14.3 Å². The van der Waals surface area contributed by atoms with Gasteiger partial charge in [0.1, 0.15) is 0 Å². The molecule has 130 valence electrons. The first kappa shape index (κ1) is 17.2. The van der Waals surface area contributed by atoms with Crippen molar-refractivity contribution in [2.24, 2.45) is 0 Å². The average molecular weight is 338 g/mol. The van der Waals surface area contributed by atoms with Crippen LogP contribution in [-0.2, 0) is 4.74 Å². The Kier molecular flexibility index (Phi) is 5.46. The summed E-state index contributed by atoms with van der Waals surface area (Å²) in [5.74, 6) is 0.00478. The molecule has 2 N–H and O–H groups in total. The van der Waals surface area contributed by atoms with E-state index in [2.05, 4.69) is 10.6 Å². The van der Waals surface area contributed by atoms with Gasteiger partial charge < -0.3 is 15.4 Å². The van der Waals surface area contributed by atoms with Gasteiger partial charge in [0, 0.05) is 23.9 Å². The lowest BCUT2D eigenvalue weighted by Gasteiger charge is -2.30. The number of carbonyl (C=O) groups is 2. The number of benzene rings is 2. The second-order valence-electron chi connectivity index (χ2n) is 6.22. The van der Waals surface area contributed by atoms with E-state index in [1.54, 1.807) is 24.3 Å². The fourth-order valence-electron chi connectivity index (χ4n) is 2.97. The summed E-state index contributed by atoms with van der Waals surface area (Å²) >= 11 is 0. The summed E-state index contributed by atoms with van der Waals surface area (Å²) in [5.41, 5.74) is 2.42. The normalized spacial score (nSPS) is 19.9. The van der Waals surface area contributed by atoms with Crippen LogP contribution in [0.2, 0.25) is 0 Å².